The third kappa shape index (κ3) is 5.94. The number of alkyl halides is 2. The van der Waals surface area contributed by atoms with E-state index < -0.39 is 6.61 Å². The second kappa shape index (κ2) is 9.07. The summed E-state index contributed by atoms with van der Waals surface area (Å²) in [6.45, 7) is 1.02. The number of ether oxygens (including phenoxy) is 1. The standard InChI is InChI=1S/C18H21F2N3O3/c1-11-15(17(25)23-12(2)22-11)7-8-16(24)21-10-9-13-3-5-14(6-4-13)26-18(19)20/h3-6,18H,7-10H2,1-2H3,(H,21,24)(H,22,23,25). The second-order valence-corrected chi connectivity index (χ2v) is 5.84. The highest BCUT2D eigenvalue weighted by molar-refractivity contribution is 5.76. The van der Waals surface area contributed by atoms with E-state index in [0.29, 0.717) is 36.5 Å². The minimum Gasteiger partial charge on any atom is -0.435 e. The van der Waals surface area contributed by atoms with Gasteiger partial charge in [0, 0.05) is 24.2 Å². The topological polar surface area (TPSA) is 84.1 Å². The van der Waals surface area contributed by atoms with Crippen molar-refractivity contribution >= 4 is 5.91 Å². The van der Waals surface area contributed by atoms with Crippen molar-refractivity contribution in [3.63, 3.8) is 0 Å². The summed E-state index contributed by atoms with van der Waals surface area (Å²) in [5, 5.41) is 2.78. The number of aromatic amines is 1. The zero-order chi connectivity index (χ0) is 19.1. The van der Waals surface area contributed by atoms with Crippen LogP contribution in [0.15, 0.2) is 29.1 Å². The number of carbonyl (C=O) groups excluding carboxylic acids is 1. The molecule has 2 aromatic rings. The number of hydrogen-bond donors (Lipinski definition) is 2. The van der Waals surface area contributed by atoms with E-state index in [-0.39, 0.29) is 23.6 Å². The molecule has 1 aromatic carbocycles. The molecule has 6 nitrogen and oxygen atoms in total. The SMILES string of the molecule is Cc1nc(C)c(CCC(=O)NCCc2ccc(OC(F)F)cc2)c(=O)[nH]1. The molecular formula is C18H21F2N3O3. The van der Waals surface area contributed by atoms with Gasteiger partial charge in [0.2, 0.25) is 5.91 Å². The third-order valence-corrected chi connectivity index (χ3v) is 3.83. The Morgan fingerprint density at radius 1 is 1.23 bits per heavy atom. The number of aryl methyl sites for hydroxylation is 2. The van der Waals surface area contributed by atoms with Gasteiger partial charge in [-0.25, -0.2) is 4.98 Å². The number of H-pyrrole nitrogens is 1. The lowest BCUT2D eigenvalue weighted by molar-refractivity contribution is -0.121. The summed E-state index contributed by atoms with van der Waals surface area (Å²) in [5.41, 5.74) is 1.82. The van der Waals surface area contributed by atoms with Gasteiger partial charge >= 0.3 is 6.61 Å². The molecular weight excluding hydrogens is 344 g/mol. The lowest BCUT2D eigenvalue weighted by atomic mass is 10.1. The number of hydrogen-bond acceptors (Lipinski definition) is 4. The van der Waals surface area contributed by atoms with Crippen LogP contribution in [0.25, 0.3) is 0 Å². The first-order chi connectivity index (χ1) is 12.3. The molecule has 0 unspecified atom stereocenters. The zero-order valence-electron chi connectivity index (χ0n) is 14.6. The van der Waals surface area contributed by atoms with Crippen LogP contribution in [-0.4, -0.2) is 29.0 Å². The van der Waals surface area contributed by atoms with Crippen molar-refractivity contribution in [2.75, 3.05) is 6.54 Å². The highest BCUT2D eigenvalue weighted by atomic mass is 19.3. The maximum absolute atomic E-state index is 12.1. The third-order valence-electron chi connectivity index (χ3n) is 3.83. The van der Waals surface area contributed by atoms with Crippen LogP contribution < -0.4 is 15.6 Å². The van der Waals surface area contributed by atoms with Gasteiger partial charge in [-0.2, -0.15) is 8.78 Å². The number of nitrogens with zero attached hydrogens (tertiary/aromatic N) is 1. The predicted molar refractivity (Wildman–Crippen MR) is 92.4 cm³/mol. The Morgan fingerprint density at radius 3 is 2.54 bits per heavy atom. The van der Waals surface area contributed by atoms with Crippen LogP contribution in [0.5, 0.6) is 5.75 Å². The summed E-state index contributed by atoms with van der Waals surface area (Å²) in [7, 11) is 0. The van der Waals surface area contributed by atoms with Crippen LogP contribution in [0.3, 0.4) is 0 Å². The fraction of sp³-hybridized carbons (Fsp3) is 0.389. The smallest absolute Gasteiger partial charge is 0.387 e. The lowest BCUT2D eigenvalue weighted by Crippen LogP contribution is -2.27. The molecule has 1 heterocycles. The van der Waals surface area contributed by atoms with Gasteiger partial charge in [0.25, 0.3) is 5.56 Å². The van der Waals surface area contributed by atoms with Crippen LogP contribution >= 0.6 is 0 Å². The summed E-state index contributed by atoms with van der Waals surface area (Å²) in [5.74, 6) is 0.479. The van der Waals surface area contributed by atoms with Crippen LogP contribution in [0.2, 0.25) is 0 Å². The maximum Gasteiger partial charge on any atom is 0.387 e. The number of carbonyl (C=O) groups is 1. The van der Waals surface area contributed by atoms with Crippen molar-refractivity contribution in [1.29, 1.82) is 0 Å². The Balaban J connectivity index is 1.76. The number of amides is 1. The van der Waals surface area contributed by atoms with Gasteiger partial charge in [-0.1, -0.05) is 12.1 Å². The molecule has 0 fully saturated rings. The molecule has 0 bridgehead atoms. The van der Waals surface area contributed by atoms with E-state index in [1.54, 1.807) is 26.0 Å². The number of benzene rings is 1. The van der Waals surface area contributed by atoms with E-state index in [2.05, 4.69) is 20.0 Å². The van der Waals surface area contributed by atoms with Crippen LogP contribution in [0.1, 0.15) is 29.1 Å². The molecule has 0 spiro atoms. The van der Waals surface area contributed by atoms with Gasteiger partial charge in [-0.05, 0) is 44.4 Å². The molecule has 0 saturated carbocycles. The molecule has 26 heavy (non-hydrogen) atoms. The van der Waals surface area contributed by atoms with E-state index in [1.807, 2.05) is 0 Å². The van der Waals surface area contributed by atoms with Crippen molar-refractivity contribution in [3.05, 3.63) is 57.3 Å². The van der Waals surface area contributed by atoms with E-state index in [4.69, 9.17) is 0 Å². The summed E-state index contributed by atoms with van der Waals surface area (Å²) in [4.78, 5) is 30.6. The normalized spacial score (nSPS) is 10.8. The molecule has 0 aliphatic rings. The summed E-state index contributed by atoms with van der Waals surface area (Å²) < 4.78 is 28.4. The van der Waals surface area contributed by atoms with Crippen molar-refractivity contribution in [1.82, 2.24) is 15.3 Å². The Hall–Kier alpha value is -2.77. The number of halogens is 2. The quantitative estimate of drug-likeness (QED) is 0.752. The first-order valence-corrected chi connectivity index (χ1v) is 8.22. The van der Waals surface area contributed by atoms with E-state index >= 15 is 0 Å². The van der Waals surface area contributed by atoms with Crippen molar-refractivity contribution in [3.8, 4) is 5.75 Å². The average molecular weight is 365 g/mol. The van der Waals surface area contributed by atoms with Gasteiger partial charge in [-0.3, -0.25) is 9.59 Å². The van der Waals surface area contributed by atoms with Gasteiger partial charge < -0.3 is 15.0 Å². The van der Waals surface area contributed by atoms with Gasteiger partial charge in [0.1, 0.15) is 11.6 Å². The molecule has 0 radical (unpaired) electrons. The molecule has 0 saturated heterocycles. The minimum absolute atomic E-state index is 0.0973. The monoisotopic (exact) mass is 365 g/mol. The molecule has 1 amide bonds. The minimum atomic E-state index is -2.85. The van der Waals surface area contributed by atoms with Gasteiger partial charge in [-0.15, -0.1) is 0 Å². The van der Waals surface area contributed by atoms with Crippen molar-refractivity contribution in [2.24, 2.45) is 0 Å². The lowest BCUT2D eigenvalue weighted by Gasteiger charge is -2.08. The number of rotatable bonds is 8. The Kier molecular flexibility index (Phi) is 6.82. The fourth-order valence-electron chi connectivity index (χ4n) is 2.56. The molecule has 2 rings (SSSR count). The van der Waals surface area contributed by atoms with E-state index in [0.717, 1.165) is 5.56 Å². The summed E-state index contributed by atoms with van der Waals surface area (Å²) in [6, 6.07) is 6.26. The predicted octanol–water partition coefficient (Wildman–Crippen LogP) is 2.28. The maximum atomic E-state index is 12.1. The largest absolute Gasteiger partial charge is 0.435 e. The van der Waals surface area contributed by atoms with Crippen LogP contribution in [0, 0.1) is 13.8 Å². The average Bonchev–Trinajstić information content (AvgIpc) is 2.55. The van der Waals surface area contributed by atoms with Crippen molar-refractivity contribution in [2.45, 2.75) is 39.7 Å². The van der Waals surface area contributed by atoms with Gasteiger partial charge in [0.15, 0.2) is 0 Å². The number of nitrogens with one attached hydrogen (secondary N) is 2. The molecule has 2 N–H and O–H groups in total. The Bertz CT molecular complexity index is 804. The van der Waals surface area contributed by atoms with Crippen LogP contribution in [0.4, 0.5) is 8.78 Å². The molecule has 0 aliphatic heterocycles. The Labute approximate surface area is 149 Å². The first-order valence-electron chi connectivity index (χ1n) is 8.22. The molecule has 0 atom stereocenters. The molecule has 0 aliphatic carbocycles. The van der Waals surface area contributed by atoms with Crippen LogP contribution in [-0.2, 0) is 17.6 Å². The highest BCUT2D eigenvalue weighted by Crippen LogP contribution is 2.15. The molecule has 140 valence electrons. The first kappa shape index (κ1) is 19.6. The van der Waals surface area contributed by atoms with Crippen molar-refractivity contribution < 1.29 is 18.3 Å². The molecule has 8 heteroatoms. The van der Waals surface area contributed by atoms with E-state index in [9.17, 15) is 18.4 Å². The van der Waals surface area contributed by atoms with Gasteiger partial charge in [0.05, 0.1) is 0 Å². The zero-order valence-corrected chi connectivity index (χ0v) is 14.6. The Morgan fingerprint density at radius 2 is 1.92 bits per heavy atom. The highest BCUT2D eigenvalue weighted by Gasteiger charge is 2.09. The number of aromatic nitrogens is 2. The summed E-state index contributed by atoms with van der Waals surface area (Å²) in [6.07, 6.45) is 1.07. The second-order valence-electron chi connectivity index (χ2n) is 5.84. The summed E-state index contributed by atoms with van der Waals surface area (Å²) >= 11 is 0. The fourth-order valence-corrected chi connectivity index (χ4v) is 2.56. The molecule has 1 aromatic heterocycles. The van der Waals surface area contributed by atoms with E-state index in [1.165, 1.54) is 12.1 Å².